The molecule has 2 aromatic rings. The van der Waals surface area contributed by atoms with Crippen molar-refractivity contribution < 1.29 is 4.79 Å². The summed E-state index contributed by atoms with van der Waals surface area (Å²) in [5.74, 6) is 2.25. The van der Waals surface area contributed by atoms with Gasteiger partial charge in [0.15, 0.2) is 0 Å². The number of hydrogen-bond donors (Lipinski definition) is 1. The molecule has 2 aliphatic carbocycles. The van der Waals surface area contributed by atoms with Gasteiger partial charge in [-0.05, 0) is 48.4 Å². The van der Waals surface area contributed by atoms with Gasteiger partial charge in [0.05, 0.1) is 0 Å². The zero-order valence-electron chi connectivity index (χ0n) is 15.8. The molecule has 0 fully saturated rings. The van der Waals surface area contributed by atoms with Crippen LogP contribution in [0, 0.1) is 11.8 Å². The van der Waals surface area contributed by atoms with E-state index in [0.717, 1.165) is 25.2 Å². The number of amides is 1. The molecule has 0 bridgehead atoms. The van der Waals surface area contributed by atoms with Crippen molar-refractivity contribution in [1.29, 1.82) is 0 Å². The maximum atomic E-state index is 12.9. The van der Waals surface area contributed by atoms with E-state index in [2.05, 4.69) is 46.7 Å². The first-order valence-electron chi connectivity index (χ1n) is 10.4. The highest BCUT2D eigenvalue weighted by molar-refractivity contribution is 6.05. The predicted octanol–water partition coefficient (Wildman–Crippen LogP) is 5.09. The van der Waals surface area contributed by atoms with Crippen molar-refractivity contribution in [2.75, 3.05) is 23.3 Å². The Morgan fingerprint density at radius 1 is 0.893 bits per heavy atom. The smallest absolute Gasteiger partial charge is 0.255 e. The summed E-state index contributed by atoms with van der Waals surface area (Å²) < 4.78 is 0. The minimum Gasteiger partial charge on any atom is -0.370 e. The largest absolute Gasteiger partial charge is 0.370 e. The zero-order valence-corrected chi connectivity index (χ0v) is 15.8. The lowest BCUT2D eigenvalue weighted by molar-refractivity contribution is 0.102. The van der Waals surface area contributed by atoms with Gasteiger partial charge < -0.3 is 10.2 Å². The monoisotopic (exact) mass is 368 g/mol. The molecule has 6 rings (SSSR count). The standard InChI is InChI=1S/C25H24N2O/c28-25(16-6-2-1-3-7-16)26-22-13-12-21-19-10-4-8-17(19)14-27-15-18-9-5-11-20(18)23(22)24(21)27/h1-7,10-13,17-20H,8-9,14-15H2,(H,26,28)/t17-,18-,19+,20+/m1/s1. The highest BCUT2D eigenvalue weighted by Crippen LogP contribution is 2.54. The Bertz CT molecular complexity index is 1000. The number of fused-ring (bicyclic) bond motifs is 4. The summed E-state index contributed by atoms with van der Waals surface area (Å²) in [6, 6.07) is 13.9. The van der Waals surface area contributed by atoms with Crippen LogP contribution >= 0.6 is 0 Å². The van der Waals surface area contributed by atoms with Crippen LogP contribution in [0.2, 0.25) is 0 Å². The van der Waals surface area contributed by atoms with E-state index in [1.165, 1.54) is 23.2 Å². The van der Waals surface area contributed by atoms with Crippen molar-refractivity contribution in [3.05, 3.63) is 83.5 Å². The molecule has 3 nitrogen and oxygen atoms in total. The number of anilines is 2. The zero-order chi connectivity index (χ0) is 18.7. The molecule has 2 aliphatic heterocycles. The third kappa shape index (κ3) is 2.32. The van der Waals surface area contributed by atoms with E-state index in [-0.39, 0.29) is 5.91 Å². The molecule has 1 amide bonds. The van der Waals surface area contributed by atoms with Gasteiger partial charge in [-0.25, -0.2) is 0 Å². The molecule has 0 aromatic heterocycles. The summed E-state index contributed by atoms with van der Waals surface area (Å²) in [6.07, 6.45) is 11.8. The van der Waals surface area contributed by atoms with Crippen LogP contribution in [0.3, 0.4) is 0 Å². The van der Waals surface area contributed by atoms with Crippen LogP contribution < -0.4 is 10.2 Å². The van der Waals surface area contributed by atoms with Gasteiger partial charge >= 0.3 is 0 Å². The Morgan fingerprint density at radius 2 is 1.61 bits per heavy atom. The third-order valence-electron chi connectivity index (χ3n) is 7.03. The maximum Gasteiger partial charge on any atom is 0.255 e. The van der Waals surface area contributed by atoms with Crippen molar-refractivity contribution in [2.24, 2.45) is 11.8 Å². The van der Waals surface area contributed by atoms with Crippen molar-refractivity contribution in [1.82, 2.24) is 0 Å². The first-order valence-corrected chi connectivity index (χ1v) is 10.4. The second-order valence-corrected chi connectivity index (χ2v) is 8.59. The first kappa shape index (κ1) is 16.2. The number of hydrogen-bond acceptors (Lipinski definition) is 2. The lowest BCUT2D eigenvalue weighted by atomic mass is 9.74. The van der Waals surface area contributed by atoms with Crippen LogP contribution in [0.5, 0.6) is 0 Å². The minimum atomic E-state index is -0.0260. The Balaban J connectivity index is 1.47. The number of nitrogens with zero attached hydrogens (tertiary/aromatic N) is 1. The third-order valence-corrected chi connectivity index (χ3v) is 7.03. The maximum absolute atomic E-state index is 12.9. The predicted molar refractivity (Wildman–Crippen MR) is 113 cm³/mol. The quantitative estimate of drug-likeness (QED) is 0.749. The summed E-state index contributed by atoms with van der Waals surface area (Å²) in [5, 5.41) is 3.24. The van der Waals surface area contributed by atoms with Gasteiger partial charge in [0.25, 0.3) is 5.91 Å². The van der Waals surface area contributed by atoms with E-state index < -0.39 is 0 Å². The van der Waals surface area contributed by atoms with E-state index in [4.69, 9.17) is 0 Å². The first-order chi connectivity index (χ1) is 13.8. The fourth-order valence-electron chi connectivity index (χ4n) is 5.77. The molecule has 0 saturated heterocycles. The average molecular weight is 368 g/mol. The van der Waals surface area contributed by atoms with Crippen LogP contribution in [0.4, 0.5) is 11.4 Å². The molecule has 2 heterocycles. The van der Waals surface area contributed by atoms with Crippen LogP contribution in [-0.4, -0.2) is 19.0 Å². The Kier molecular flexibility index (Phi) is 3.52. The topological polar surface area (TPSA) is 32.3 Å². The molecule has 2 aromatic carbocycles. The molecule has 3 heteroatoms. The van der Waals surface area contributed by atoms with Crippen LogP contribution in [0.25, 0.3) is 0 Å². The van der Waals surface area contributed by atoms with E-state index in [9.17, 15) is 4.79 Å². The van der Waals surface area contributed by atoms with E-state index in [0.29, 0.717) is 29.2 Å². The van der Waals surface area contributed by atoms with Crippen molar-refractivity contribution >= 4 is 17.3 Å². The minimum absolute atomic E-state index is 0.0260. The average Bonchev–Trinajstić information content (AvgIpc) is 3.39. The molecule has 0 saturated carbocycles. The Morgan fingerprint density at radius 3 is 2.39 bits per heavy atom. The number of nitrogens with one attached hydrogen (secondary N) is 1. The molecule has 0 spiro atoms. The molecule has 0 unspecified atom stereocenters. The number of rotatable bonds is 2. The van der Waals surface area contributed by atoms with Crippen LogP contribution in [0.15, 0.2) is 66.8 Å². The van der Waals surface area contributed by atoms with Gasteiger partial charge in [0.1, 0.15) is 0 Å². The van der Waals surface area contributed by atoms with Gasteiger partial charge in [0, 0.05) is 47.4 Å². The van der Waals surface area contributed by atoms with E-state index in [1.807, 2.05) is 30.3 Å². The molecule has 1 N–H and O–H groups in total. The van der Waals surface area contributed by atoms with Gasteiger partial charge in [-0.3, -0.25) is 4.79 Å². The molecular formula is C25H24N2O. The lowest BCUT2D eigenvalue weighted by Gasteiger charge is -2.46. The van der Waals surface area contributed by atoms with E-state index in [1.54, 1.807) is 0 Å². The summed E-state index contributed by atoms with van der Waals surface area (Å²) in [6.45, 7) is 2.27. The number of carbonyl (C=O) groups excluding carboxylic acids is 1. The molecule has 4 atom stereocenters. The Hall–Kier alpha value is -2.81. The van der Waals surface area contributed by atoms with Crippen molar-refractivity contribution in [3.63, 3.8) is 0 Å². The van der Waals surface area contributed by atoms with Gasteiger partial charge in [0.2, 0.25) is 0 Å². The van der Waals surface area contributed by atoms with Crippen LogP contribution in [0.1, 0.15) is 46.2 Å². The summed E-state index contributed by atoms with van der Waals surface area (Å²) >= 11 is 0. The summed E-state index contributed by atoms with van der Waals surface area (Å²) in [7, 11) is 0. The highest BCUT2D eigenvalue weighted by atomic mass is 16.1. The van der Waals surface area contributed by atoms with Gasteiger partial charge in [-0.15, -0.1) is 0 Å². The SMILES string of the molecule is O=C(Nc1ccc2c3c1[C@H]1C=CC[C@@H]1CN3C[C@H]1CC=C[C@H]21)c1ccccc1. The van der Waals surface area contributed by atoms with Gasteiger partial charge in [-0.2, -0.15) is 0 Å². The lowest BCUT2D eigenvalue weighted by Crippen LogP contribution is -2.44. The molecule has 140 valence electrons. The number of benzene rings is 2. The fourth-order valence-corrected chi connectivity index (χ4v) is 5.77. The Labute approximate surface area is 165 Å². The second kappa shape index (κ2) is 6.10. The molecule has 0 radical (unpaired) electrons. The van der Waals surface area contributed by atoms with Crippen molar-refractivity contribution in [2.45, 2.75) is 24.7 Å². The highest BCUT2D eigenvalue weighted by Gasteiger charge is 2.43. The fraction of sp³-hybridized carbons (Fsp3) is 0.320. The van der Waals surface area contributed by atoms with Crippen LogP contribution in [-0.2, 0) is 0 Å². The number of allylic oxidation sites excluding steroid dienone is 4. The molecule has 28 heavy (non-hydrogen) atoms. The molecule has 4 aliphatic rings. The van der Waals surface area contributed by atoms with Crippen molar-refractivity contribution in [3.8, 4) is 0 Å². The molecular weight excluding hydrogens is 344 g/mol. The summed E-state index contributed by atoms with van der Waals surface area (Å²) in [5.41, 5.74) is 5.88. The summed E-state index contributed by atoms with van der Waals surface area (Å²) in [4.78, 5) is 15.5. The normalized spacial score (nSPS) is 28.6. The van der Waals surface area contributed by atoms with Gasteiger partial charge in [-0.1, -0.05) is 48.6 Å². The second-order valence-electron chi connectivity index (χ2n) is 8.59. The van der Waals surface area contributed by atoms with E-state index >= 15 is 0 Å². The number of carbonyl (C=O) groups is 1.